The Morgan fingerprint density at radius 1 is 1.12 bits per heavy atom. The SMILES string of the molecule is Cc1ccc(C(C)N(C)C(=O)Cc2cnn(-c3ccccc3)c2)cc1. The quantitative estimate of drug-likeness (QED) is 0.709. The van der Waals surface area contributed by atoms with Gasteiger partial charge in [0.1, 0.15) is 0 Å². The maximum atomic E-state index is 12.6. The van der Waals surface area contributed by atoms with Crippen LogP contribution in [0.4, 0.5) is 0 Å². The molecule has 0 N–H and O–H groups in total. The highest BCUT2D eigenvalue weighted by atomic mass is 16.2. The summed E-state index contributed by atoms with van der Waals surface area (Å²) in [4.78, 5) is 14.4. The summed E-state index contributed by atoms with van der Waals surface area (Å²) in [7, 11) is 1.86. The number of hydrogen-bond donors (Lipinski definition) is 0. The van der Waals surface area contributed by atoms with Crippen molar-refractivity contribution < 1.29 is 4.79 Å². The van der Waals surface area contributed by atoms with Crippen LogP contribution in [0.2, 0.25) is 0 Å². The Morgan fingerprint density at radius 2 is 1.80 bits per heavy atom. The lowest BCUT2D eigenvalue weighted by Gasteiger charge is -2.25. The van der Waals surface area contributed by atoms with Gasteiger partial charge in [-0.3, -0.25) is 4.79 Å². The van der Waals surface area contributed by atoms with E-state index in [-0.39, 0.29) is 11.9 Å². The highest BCUT2D eigenvalue weighted by Crippen LogP contribution is 2.20. The van der Waals surface area contributed by atoms with Gasteiger partial charge in [-0.05, 0) is 37.1 Å². The van der Waals surface area contributed by atoms with Gasteiger partial charge in [0, 0.05) is 13.2 Å². The molecule has 0 radical (unpaired) electrons. The molecule has 1 atom stereocenters. The number of carbonyl (C=O) groups excluding carboxylic acids is 1. The van der Waals surface area contributed by atoms with Crippen LogP contribution in [0.15, 0.2) is 67.0 Å². The van der Waals surface area contributed by atoms with E-state index in [9.17, 15) is 4.79 Å². The van der Waals surface area contributed by atoms with Gasteiger partial charge >= 0.3 is 0 Å². The number of nitrogens with zero attached hydrogens (tertiary/aromatic N) is 3. The maximum absolute atomic E-state index is 12.6. The number of aromatic nitrogens is 2. The highest BCUT2D eigenvalue weighted by molar-refractivity contribution is 5.78. The third-order valence-electron chi connectivity index (χ3n) is 4.55. The fourth-order valence-electron chi connectivity index (χ4n) is 2.76. The molecule has 4 heteroatoms. The van der Waals surface area contributed by atoms with E-state index in [2.05, 4.69) is 43.2 Å². The Kier molecular flexibility index (Phi) is 4.98. The molecule has 3 aromatic rings. The van der Waals surface area contributed by atoms with Crippen LogP contribution in [0.25, 0.3) is 5.69 Å². The zero-order valence-electron chi connectivity index (χ0n) is 14.9. The Hall–Kier alpha value is -2.88. The van der Waals surface area contributed by atoms with Gasteiger partial charge in [0.2, 0.25) is 5.91 Å². The largest absolute Gasteiger partial charge is 0.339 e. The first kappa shape index (κ1) is 17.0. The molecule has 1 aromatic heterocycles. The second-order valence-electron chi connectivity index (χ2n) is 6.40. The van der Waals surface area contributed by atoms with Crippen LogP contribution in [0.5, 0.6) is 0 Å². The number of amides is 1. The molecule has 0 fully saturated rings. The first-order valence-corrected chi connectivity index (χ1v) is 8.46. The zero-order chi connectivity index (χ0) is 17.8. The van der Waals surface area contributed by atoms with Gasteiger partial charge in [0.25, 0.3) is 0 Å². The maximum Gasteiger partial charge on any atom is 0.227 e. The van der Waals surface area contributed by atoms with Gasteiger partial charge in [-0.2, -0.15) is 5.10 Å². The molecule has 1 amide bonds. The molecule has 2 aromatic carbocycles. The molecule has 0 bridgehead atoms. The van der Waals surface area contributed by atoms with Gasteiger partial charge in [0.15, 0.2) is 0 Å². The molecule has 0 spiro atoms. The topological polar surface area (TPSA) is 38.1 Å². The lowest BCUT2D eigenvalue weighted by molar-refractivity contribution is -0.131. The van der Waals surface area contributed by atoms with Crippen molar-refractivity contribution in [3.63, 3.8) is 0 Å². The van der Waals surface area contributed by atoms with E-state index in [0.29, 0.717) is 6.42 Å². The number of likely N-dealkylation sites (N-methyl/N-ethyl adjacent to an activating group) is 1. The van der Waals surface area contributed by atoms with Crippen molar-refractivity contribution in [3.8, 4) is 5.69 Å². The summed E-state index contributed by atoms with van der Waals surface area (Å²) in [5.74, 6) is 0.0840. The first-order chi connectivity index (χ1) is 12.0. The molecule has 25 heavy (non-hydrogen) atoms. The molecule has 0 aliphatic carbocycles. The van der Waals surface area contributed by atoms with E-state index in [0.717, 1.165) is 16.8 Å². The summed E-state index contributed by atoms with van der Waals surface area (Å²) in [6, 6.07) is 18.2. The minimum atomic E-state index is 0.0391. The molecule has 1 heterocycles. The van der Waals surface area contributed by atoms with Crippen molar-refractivity contribution in [3.05, 3.63) is 83.7 Å². The highest BCUT2D eigenvalue weighted by Gasteiger charge is 2.18. The van der Waals surface area contributed by atoms with Crippen molar-refractivity contribution in [1.82, 2.24) is 14.7 Å². The number of rotatable bonds is 5. The van der Waals surface area contributed by atoms with Crippen LogP contribution < -0.4 is 0 Å². The second kappa shape index (κ2) is 7.34. The van der Waals surface area contributed by atoms with Crippen LogP contribution in [-0.2, 0) is 11.2 Å². The standard InChI is InChI=1S/C21H23N3O/c1-16-9-11-19(12-10-16)17(2)23(3)21(25)13-18-14-22-24(15-18)20-7-5-4-6-8-20/h4-12,14-15,17H,13H2,1-3H3. The van der Waals surface area contributed by atoms with Crippen molar-refractivity contribution >= 4 is 5.91 Å². The Bertz CT molecular complexity index is 837. The third kappa shape index (κ3) is 3.97. The average Bonchev–Trinajstić information content (AvgIpc) is 3.10. The second-order valence-corrected chi connectivity index (χ2v) is 6.40. The Morgan fingerprint density at radius 3 is 2.48 bits per heavy atom. The van der Waals surface area contributed by atoms with Gasteiger partial charge in [-0.1, -0.05) is 48.0 Å². The van der Waals surface area contributed by atoms with Gasteiger partial charge < -0.3 is 4.90 Å². The van der Waals surface area contributed by atoms with E-state index in [1.54, 1.807) is 15.8 Å². The van der Waals surface area contributed by atoms with Crippen molar-refractivity contribution in [1.29, 1.82) is 0 Å². The third-order valence-corrected chi connectivity index (χ3v) is 4.55. The number of benzene rings is 2. The number of hydrogen-bond acceptors (Lipinski definition) is 2. The number of para-hydroxylation sites is 1. The lowest BCUT2D eigenvalue weighted by atomic mass is 10.0. The van der Waals surface area contributed by atoms with Crippen LogP contribution in [0.1, 0.15) is 29.7 Å². The molecule has 0 aliphatic rings. The molecule has 3 rings (SSSR count). The minimum absolute atomic E-state index is 0.0391. The van der Waals surface area contributed by atoms with Crippen LogP contribution in [-0.4, -0.2) is 27.6 Å². The number of aryl methyl sites for hydroxylation is 1. The van der Waals surface area contributed by atoms with E-state index in [4.69, 9.17) is 0 Å². The van der Waals surface area contributed by atoms with Crippen molar-refractivity contribution in [2.45, 2.75) is 26.3 Å². The van der Waals surface area contributed by atoms with E-state index in [1.807, 2.05) is 43.6 Å². The van der Waals surface area contributed by atoms with E-state index >= 15 is 0 Å². The lowest BCUT2D eigenvalue weighted by Crippen LogP contribution is -2.30. The van der Waals surface area contributed by atoms with Crippen molar-refractivity contribution in [2.75, 3.05) is 7.05 Å². The Labute approximate surface area is 148 Å². The molecule has 0 saturated carbocycles. The normalized spacial score (nSPS) is 12.0. The smallest absolute Gasteiger partial charge is 0.227 e. The van der Waals surface area contributed by atoms with Crippen LogP contribution >= 0.6 is 0 Å². The summed E-state index contributed by atoms with van der Waals surface area (Å²) < 4.78 is 1.80. The zero-order valence-corrected chi connectivity index (χ0v) is 14.9. The minimum Gasteiger partial charge on any atom is -0.339 e. The van der Waals surface area contributed by atoms with E-state index < -0.39 is 0 Å². The molecule has 0 saturated heterocycles. The number of carbonyl (C=O) groups is 1. The Balaban J connectivity index is 1.67. The average molecular weight is 333 g/mol. The monoisotopic (exact) mass is 333 g/mol. The van der Waals surface area contributed by atoms with Crippen molar-refractivity contribution in [2.24, 2.45) is 0 Å². The molecule has 1 unspecified atom stereocenters. The van der Waals surface area contributed by atoms with Gasteiger partial charge in [-0.25, -0.2) is 4.68 Å². The van der Waals surface area contributed by atoms with Crippen LogP contribution in [0.3, 0.4) is 0 Å². The summed E-state index contributed by atoms with van der Waals surface area (Å²) in [6.45, 7) is 4.11. The fraction of sp³-hybridized carbons (Fsp3) is 0.238. The predicted molar refractivity (Wildman–Crippen MR) is 99.6 cm³/mol. The van der Waals surface area contributed by atoms with E-state index in [1.165, 1.54) is 5.56 Å². The molecule has 0 aliphatic heterocycles. The predicted octanol–water partition coefficient (Wildman–Crippen LogP) is 3.94. The molecule has 128 valence electrons. The summed E-state index contributed by atoms with van der Waals surface area (Å²) in [5.41, 5.74) is 4.26. The summed E-state index contributed by atoms with van der Waals surface area (Å²) in [5, 5.41) is 4.36. The fourth-order valence-corrected chi connectivity index (χ4v) is 2.76. The molecular weight excluding hydrogens is 310 g/mol. The first-order valence-electron chi connectivity index (χ1n) is 8.46. The van der Waals surface area contributed by atoms with Gasteiger partial charge in [0.05, 0.1) is 24.3 Å². The molecular formula is C21H23N3O. The van der Waals surface area contributed by atoms with Gasteiger partial charge in [-0.15, -0.1) is 0 Å². The summed E-state index contributed by atoms with van der Waals surface area (Å²) in [6.07, 6.45) is 4.02. The molecule has 4 nitrogen and oxygen atoms in total. The summed E-state index contributed by atoms with van der Waals surface area (Å²) >= 11 is 0. The van der Waals surface area contributed by atoms with Crippen LogP contribution in [0, 0.1) is 6.92 Å².